The summed E-state index contributed by atoms with van der Waals surface area (Å²) in [6.45, 7) is 32.6. The summed E-state index contributed by atoms with van der Waals surface area (Å²) < 4.78 is 53.8. The van der Waals surface area contributed by atoms with E-state index < -0.39 is 140 Å². The third-order valence-corrected chi connectivity index (χ3v) is 17.1. The van der Waals surface area contributed by atoms with E-state index in [1.807, 2.05) is 0 Å². The molecule has 0 aromatic carbocycles. The molecular weight excluding hydrogens is 1010 g/mol. The van der Waals surface area contributed by atoms with Gasteiger partial charge >= 0.3 is 24.4 Å². The summed E-state index contributed by atoms with van der Waals surface area (Å²) in [7, 11) is -0.717. The largest absolute Gasteiger partial charge is 0.466 e. The molecule has 440 valence electrons. The molecule has 3 rings (SSSR count). The van der Waals surface area contributed by atoms with E-state index >= 15 is 0 Å². The Morgan fingerprint density at radius 1 is 0.737 bits per heavy atom. The number of alkyl carbamates (subject to hydrolysis) is 3. The number of hydrogen-bond acceptors (Lipinski definition) is 19. The van der Waals surface area contributed by atoms with Gasteiger partial charge in [-0.3, -0.25) is 4.79 Å². The molecule has 12 atom stereocenters. The van der Waals surface area contributed by atoms with Crippen LogP contribution in [0, 0.1) is 0 Å². The number of ether oxygens (including phenoxy) is 8. The molecule has 9 N–H and O–H groups in total. The second-order valence-corrected chi connectivity index (χ2v) is 30.3. The van der Waals surface area contributed by atoms with Gasteiger partial charge < -0.3 is 94.2 Å². The van der Waals surface area contributed by atoms with Gasteiger partial charge in [-0.25, -0.2) is 19.2 Å². The van der Waals surface area contributed by atoms with E-state index in [9.17, 15) is 44.4 Å². The summed E-state index contributed by atoms with van der Waals surface area (Å²) in [6, 6.07) is -4.97. The lowest BCUT2D eigenvalue weighted by Gasteiger charge is -2.50. The first-order valence-electron chi connectivity index (χ1n) is 26.1. The van der Waals surface area contributed by atoms with Crippen LogP contribution in [0.3, 0.4) is 0 Å². The number of likely N-dealkylation sites (N-methyl/N-ethyl adjacent to an activating group) is 1. The van der Waals surface area contributed by atoms with Gasteiger partial charge in [0, 0.05) is 26.7 Å². The third kappa shape index (κ3) is 21.3. The van der Waals surface area contributed by atoms with Crippen molar-refractivity contribution >= 4 is 38.6 Å². The first-order chi connectivity index (χ1) is 34.5. The lowest BCUT2D eigenvalue weighted by molar-refractivity contribution is -0.311. The average Bonchev–Trinajstić information content (AvgIpc) is 3.21. The summed E-state index contributed by atoms with van der Waals surface area (Å²) in [4.78, 5) is 67.6. The summed E-state index contributed by atoms with van der Waals surface area (Å²) in [5.41, 5.74) is -5.52. The van der Waals surface area contributed by atoms with Gasteiger partial charge in [-0.1, -0.05) is 20.8 Å². The zero-order chi connectivity index (χ0) is 58.2. The Balaban J connectivity index is 2.10. The fourth-order valence-corrected chi connectivity index (χ4v) is 9.13. The van der Waals surface area contributed by atoms with Crippen LogP contribution in [0.15, 0.2) is 11.8 Å². The lowest BCUT2D eigenvalue weighted by atomic mass is 9.82. The van der Waals surface area contributed by atoms with Crippen molar-refractivity contribution in [3.05, 3.63) is 11.8 Å². The molecule has 0 unspecified atom stereocenters. The first kappa shape index (κ1) is 66.2. The van der Waals surface area contributed by atoms with Crippen LogP contribution in [0.4, 0.5) is 19.2 Å². The third-order valence-electron chi connectivity index (χ3n) is 12.6. The Kier molecular flexibility index (Phi) is 22.9. The number of aliphatic hydroxyl groups is 4. The normalized spacial score (nSPS) is 28.1. The molecule has 0 aromatic rings. The predicted molar refractivity (Wildman–Crippen MR) is 281 cm³/mol. The minimum atomic E-state index is -2.04. The lowest BCUT2D eigenvalue weighted by Crippen LogP contribution is -2.71. The van der Waals surface area contributed by atoms with Crippen LogP contribution in [0.2, 0.25) is 18.1 Å². The highest BCUT2D eigenvalue weighted by Crippen LogP contribution is 2.37. The maximum atomic E-state index is 13.9. The van der Waals surface area contributed by atoms with Gasteiger partial charge in [0.15, 0.2) is 14.6 Å². The average molecular weight is 1110 g/mol. The van der Waals surface area contributed by atoms with Crippen molar-refractivity contribution in [1.82, 2.24) is 31.5 Å². The van der Waals surface area contributed by atoms with Crippen LogP contribution in [0.1, 0.15) is 130 Å². The molecule has 25 heteroatoms. The summed E-state index contributed by atoms with van der Waals surface area (Å²) in [5, 5.41) is 61.4. The van der Waals surface area contributed by atoms with E-state index in [-0.39, 0.29) is 37.4 Å². The van der Waals surface area contributed by atoms with Crippen LogP contribution >= 0.6 is 0 Å². The number of nitrogens with zero attached hydrogens (tertiary/aromatic N) is 1. The van der Waals surface area contributed by atoms with Gasteiger partial charge in [-0.15, -0.1) is 0 Å². The molecule has 0 radical (unpaired) electrons. The minimum absolute atomic E-state index is 0.00661. The van der Waals surface area contributed by atoms with Crippen LogP contribution in [0.25, 0.3) is 0 Å². The second kappa shape index (κ2) is 26.3. The van der Waals surface area contributed by atoms with Crippen molar-refractivity contribution in [1.29, 1.82) is 0 Å². The highest BCUT2D eigenvalue weighted by molar-refractivity contribution is 6.74. The number of carbonyl (C=O) groups excluding carboxylic acids is 5. The highest BCUT2D eigenvalue weighted by Gasteiger charge is 2.55. The zero-order valence-electron chi connectivity index (χ0n) is 48.5. The molecule has 3 aliphatic rings. The number of nitrogens with one attached hydrogen (secondary N) is 5. The molecule has 0 aromatic heterocycles. The smallest absolute Gasteiger partial charge is 0.410 e. The Morgan fingerprint density at radius 3 is 1.76 bits per heavy atom. The molecule has 1 saturated carbocycles. The monoisotopic (exact) mass is 1110 g/mol. The quantitative estimate of drug-likeness (QED) is 0.0532. The van der Waals surface area contributed by atoms with Crippen molar-refractivity contribution in [2.75, 3.05) is 39.9 Å². The summed E-state index contributed by atoms with van der Waals surface area (Å²) in [5.74, 6) is -0.558. The SMILES string of the molecule is CN(C(=O)OC(C)(C)C)[C@@H]1[C@@H](O)[C@@H](O[C@@H]2[C@@H](O)[C@H](O[C@H]3OC(CNCCO[Si](C)(C)C(C)(C)C)=CC[C@H]3NC(=O)OC(C)(C)C)[C@@H](NC(=O)OC(C)(C)C)C[C@H]2NC(=O)[C@@H](O)CCNC(=O)OC(C)(C)C)OC[C@]1(C)O. The molecule has 2 fully saturated rings. The Bertz CT molecular complexity index is 1980. The maximum absolute atomic E-state index is 13.9. The van der Waals surface area contributed by atoms with Gasteiger partial charge in [0.05, 0.1) is 37.3 Å². The highest BCUT2D eigenvalue weighted by atomic mass is 28.4. The fourth-order valence-electron chi connectivity index (χ4n) is 8.08. The molecule has 1 aliphatic carbocycles. The molecule has 0 spiro atoms. The topological polar surface area (TPSA) is 313 Å². The second-order valence-electron chi connectivity index (χ2n) is 25.5. The first-order valence-corrected chi connectivity index (χ1v) is 29.0. The summed E-state index contributed by atoms with van der Waals surface area (Å²) in [6.07, 6.45) is -13.8. The Hall–Kier alpha value is -4.05. The van der Waals surface area contributed by atoms with Crippen molar-refractivity contribution < 1.29 is 86.7 Å². The van der Waals surface area contributed by atoms with E-state index in [1.54, 1.807) is 89.2 Å². The number of carbonyl (C=O) groups is 5. The van der Waals surface area contributed by atoms with E-state index in [2.05, 4.69) is 60.4 Å². The maximum Gasteiger partial charge on any atom is 0.410 e. The standard InChI is InChI=1S/C51H94N6O18Si/c1-46(2,3)72-42(62)53-23-22-33(58)39(61)54-31-26-32(56-44(64)74-48(7,8)9)37(34(59)36(31)71-41-35(60)38(51(16,66)28-67-41)57(17)45(65)75-49(10,11)12)70-40-30(55-43(63)73-47(4,5)6)21-20-29(69-40)27-52-24-25-68-76(18,19)50(13,14)15/h20,30-38,40-41,52,58-60,66H,21-28H2,1-19H3,(H,53,62)(H,54,61)(H,55,63)(H,56,64)/t30-,31-,32+,33+,34-,35-,36+,37-,38-,40-,41-,51+/m1/s1. The van der Waals surface area contributed by atoms with E-state index in [0.29, 0.717) is 18.9 Å². The number of aliphatic hydroxyl groups excluding tert-OH is 3. The molecule has 1 saturated heterocycles. The Labute approximate surface area is 450 Å². The van der Waals surface area contributed by atoms with Gasteiger partial charge in [0.25, 0.3) is 0 Å². The van der Waals surface area contributed by atoms with Crippen LogP contribution in [0.5, 0.6) is 0 Å². The molecule has 2 aliphatic heterocycles. The molecule has 5 amide bonds. The van der Waals surface area contributed by atoms with Crippen molar-refractivity contribution in [3.63, 3.8) is 0 Å². The van der Waals surface area contributed by atoms with E-state index in [1.165, 1.54) is 14.0 Å². The molecule has 24 nitrogen and oxygen atoms in total. The van der Waals surface area contributed by atoms with Crippen molar-refractivity contribution in [3.8, 4) is 0 Å². The van der Waals surface area contributed by atoms with Crippen molar-refractivity contribution in [2.24, 2.45) is 0 Å². The molecule has 0 bridgehead atoms. The Morgan fingerprint density at radius 2 is 1.24 bits per heavy atom. The molecular formula is C51H94N6O18Si. The van der Waals surface area contributed by atoms with Gasteiger partial charge in [0.1, 0.15) is 64.3 Å². The fraction of sp³-hybridized carbons (Fsp3) is 0.863. The van der Waals surface area contributed by atoms with E-state index in [0.717, 1.165) is 4.90 Å². The van der Waals surface area contributed by atoms with Gasteiger partial charge in [-0.2, -0.15) is 0 Å². The van der Waals surface area contributed by atoms with Gasteiger partial charge in [-0.05, 0) is 133 Å². The summed E-state index contributed by atoms with van der Waals surface area (Å²) >= 11 is 0. The van der Waals surface area contributed by atoms with E-state index in [4.69, 9.17) is 42.3 Å². The van der Waals surface area contributed by atoms with Crippen LogP contribution < -0.4 is 26.6 Å². The molecule has 76 heavy (non-hydrogen) atoms. The zero-order valence-corrected chi connectivity index (χ0v) is 49.5. The number of amides is 5. The molecule has 2 heterocycles. The number of hydrogen-bond donors (Lipinski definition) is 9. The van der Waals surface area contributed by atoms with Crippen molar-refractivity contribution in [2.45, 2.75) is 243 Å². The van der Waals surface area contributed by atoms with Gasteiger partial charge in [0.2, 0.25) is 12.2 Å². The predicted octanol–water partition coefficient (Wildman–Crippen LogP) is 4.01. The number of rotatable bonds is 18. The van der Waals surface area contributed by atoms with Crippen LogP contribution in [-0.4, -0.2) is 199 Å². The minimum Gasteiger partial charge on any atom is -0.466 e. The van der Waals surface area contributed by atoms with Crippen LogP contribution in [-0.2, 0) is 47.1 Å².